The van der Waals surface area contributed by atoms with Gasteiger partial charge in [0.1, 0.15) is 5.69 Å². The molecule has 0 saturated carbocycles. The van der Waals surface area contributed by atoms with Crippen molar-refractivity contribution in [3.8, 4) is 17.2 Å². The molecule has 1 amide bonds. The quantitative estimate of drug-likeness (QED) is 0.631. The van der Waals surface area contributed by atoms with Crippen molar-refractivity contribution in [2.75, 3.05) is 5.73 Å². The van der Waals surface area contributed by atoms with Crippen molar-refractivity contribution < 1.29 is 18.0 Å². The number of fused-ring (bicyclic) bond motifs is 1. The second kappa shape index (κ2) is 8.02. The molecule has 30 heavy (non-hydrogen) atoms. The fourth-order valence-electron chi connectivity index (χ4n) is 2.83. The molecule has 0 radical (unpaired) electrons. The summed E-state index contributed by atoms with van der Waals surface area (Å²) < 4.78 is 41.7. The number of rotatable bonds is 6. The number of hydrogen-bond donors (Lipinski definition) is 2. The van der Waals surface area contributed by atoms with E-state index < -0.39 is 24.5 Å². The molecule has 0 spiro atoms. The van der Waals surface area contributed by atoms with Crippen molar-refractivity contribution in [2.24, 2.45) is 0 Å². The number of pyridine rings is 1. The van der Waals surface area contributed by atoms with Gasteiger partial charge in [-0.05, 0) is 31.0 Å². The van der Waals surface area contributed by atoms with Gasteiger partial charge in [0, 0.05) is 17.8 Å². The molecule has 0 saturated heterocycles. The zero-order valence-electron chi connectivity index (χ0n) is 16.2. The minimum Gasteiger partial charge on any atom is -0.366 e. The lowest BCUT2D eigenvalue weighted by Gasteiger charge is -2.17. The molecule has 0 fully saturated rings. The predicted octanol–water partition coefficient (Wildman–Crippen LogP) is 2.72. The number of carbonyl (C=O) groups is 1. The van der Waals surface area contributed by atoms with E-state index in [0.717, 1.165) is 0 Å². The van der Waals surface area contributed by atoms with Crippen LogP contribution in [0.1, 0.15) is 43.2 Å². The molecular weight excluding hydrogens is 401 g/mol. The summed E-state index contributed by atoms with van der Waals surface area (Å²) in [6.45, 7) is 3.75. The van der Waals surface area contributed by atoms with Crippen molar-refractivity contribution in [3.63, 3.8) is 0 Å². The Labute approximate surface area is 169 Å². The second-order valence-corrected chi connectivity index (χ2v) is 6.78. The number of nitrogens with one attached hydrogen (secondary N) is 1. The van der Waals surface area contributed by atoms with E-state index in [4.69, 9.17) is 11.0 Å². The SMILES string of the molecule is CCC(C)NC(=O)c1cc(-c2cnn(C(CC#N)C(F)(F)F)c2)cc2nc(N)nn12. The van der Waals surface area contributed by atoms with Gasteiger partial charge in [-0.15, -0.1) is 5.10 Å². The van der Waals surface area contributed by atoms with Gasteiger partial charge >= 0.3 is 6.18 Å². The Hall–Kier alpha value is -3.62. The first-order valence-electron chi connectivity index (χ1n) is 9.09. The van der Waals surface area contributed by atoms with E-state index in [1.165, 1.54) is 35.1 Å². The molecule has 3 heterocycles. The van der Waals surface area contributed by atoms with Gasteiger partial charge in [-0.1, -0.05) is 6.92 Å². The van der Waals surface area contributed by atoms with Crippen LogP contribution in [-0.4, -0.2) is 42.5 Å². The highest BCUT2D eigenvalue weighted by Crippen LogP contribution is 2.34. The first-order valence-corrected chi connectivity index (χ1v) is 9.09. The Balaban J connectivity index is 2.06. The number of amides is 1. The fraction of sp³-hybridized carbons (Fsp3) is 0.389. The molecule has 3 N–H and O–H groups in total. The summed E-state index contributed by atoms with van der Waals surface area (Å²) in [6.07, 6.45) is -2.29. The number of nitrogens with two attached hydrogens (primary N) is 1. The largest absolute Gasteiger partial charge is 0.411 e. The minimum atomic E-state index is -4.63. The molecule has 0 aliphatic rings. The van der Waals surface area contributed by atoms with Crippen LogP contribution in [0.3, 0.4) is 0 Å². The van der Waals surface area contributed by atoms with E-state index in [0.29, 0.717) is 22.2 Å². The van der Waals surface area contributed by atoms with Crippen LogP contribution in [-0.2, 0) is 0 Å². The first-order chi connectivity index (χ1) is 14.1. The highest BCUT2D eigenvalue weighted by atomic mass is 19.4. The van der Waals surface area contributed by atoms with Crippen LogP contribution in [0.25, 0.3) is 16.8 Å². The average Bonchev–Trinajstić information content (AvgIpc) is 3.29. The maximum absolute atomic E-state index is 13.2. The van der Waals surface area contributed by atoms with Crippen molar-refractivity contribution in [1.29, 1.82) is 5.26 Å². The number of nitrogen functional groups attached to an aromatic ring is 1. The first kappa shape index (κ1) is 21.1. The van der Waals surface area contributed by atoms with E-state index in [9.17, 15) is 18.0 Å². The third kappa shape index (κ3) is 4.19. The molecular formula is C18H19F3N8O. The number of aromatic nitrogens is 5. The molecule has 0 aromatic carbocycles. The maximum atomic E-state index is 13.2. The molecule has 3 rings (SSSR count). The van der Waals surface area contributed by atoms with Crippen molar-refractivity contribution in [3.05, 3.63) is 30.2 Å². The van der Waals surface area contributed by atoms with Crippen molar-refractivity contribution >= 4 is 17.5 Å². The summed E-state index contributed by atoms with van der Waals surface area (Å²) in [5.74, 6) is -0.474. The molecule has 3 aromatic heterocycles. The Bertz CT molecular complexity index is 1110. The Morgan fingerprint density at radius 2 is 2.10 bits per heavy atom. The summed E-state index contributed by atoms with van der Waals surface area (Å²) in [5.41, 5.74) is 6.78. The van der Waals surface area contributed by atoms with Crippen molar-refractivity contribution in [1.82, 2.24) is 29.7 Å². The van der Waals surface area contributed by atoms with E-state index in [2.05, 4.69) is 20.5 Å². The molecule has 158 valence electrons. The Morgan fingerprint density at radius 1 is 1.37 bits per heavy atom. The van der Waals surface area contributed by atoms with E-state index in [1.54, 1.807) is 0 Å². The van der Waals surface area contributed by atoms with Crippen LogP contribution >= 0.6 is 0 Å². The number of hydrogen-bond acceptors (Lipinski definition) is 6. The van der Waals surface area contributed by atoms with Gasteiger partial charge in [0.15, 0.2) is 11.7 Å². The average molecular weight is 420 g/mol. The van der Waals surface area contributed by atoms with E-state index in [-0.39, 0.29) is 23.3 Å². The van der Waals surface area contributed by atoms with E-state index in [1.807, 2.05) is 13.8 Å². The minimum absolute atomic E-state index is 0.0495. The summed E-state index contributed by atoms with van der Waals surface area (Å²) in [6, 6.07) is 2.37. The van der Waals surface area contributed by atoms with Gasteiger partial charge < -0.3 is 11.1 Å². The second-order valence-electron chi connectivity index (χ2n) is 6.78. The third-order valence-corrected chi connectivity index (χ3v) is 4.59. The Morgan fingerprint density at radius 3 is 2.73 bits per heavy atom. The lowest BCUT2D eigenvalue weighted by atomic mass is 10.1. The van der Waals surface area contributed by atoms with Gasteiger partial charge in [-0.3, -0.25) is 9.48 Å². The number of alkyl halides is 3. The summed E-state index contributed by atoms with van der Waals surface area (Å²) >= 11 is 0. The molecule has 0 bridgehead atoms. The number of anilines is 1. The van der Waals surface area contributed by atoms with Crippen LogP contribution in [0.2, 0.25) is 0 Å². The Kier molecular flexibility index (Phi) is 5.64. The van der Waals surface area contributed by atoms with Crippen LogP contribution in [0.5, 0.6) is 0 Å². The molecule has 9 nitrogen and oxygen atoms in total. The molecule has 12 heteroatoms. The number of nitrogens with zero attached hydrogens (tertiary/aromatic N) is 6. The number of carbonyl (C=O) groups excluding carboxylic acids is 1. The van der Waals surface area contributed by atoms with Crippen LogP contribution in [0, 0.1) is 11.3 Å². The summed E-state index contributed by atoms with van der Waals surface area (Å²) in [7, 11) is 0. The highest BCUT2D eigenvalue weighted by Gasteiger charge is 2.41. The lowest BCUT2D eigenvalue weighted by molar-refractivity contribution is -0.169. The van der Waals surface area contributed by atoms with Gasteiger partial charge in [-0.25, -0.2) is 4.52 Å². The maximum Gasteiger partial charge on any atom is 0.411 e. The van der Waals surface area contributed by atoms with Gasteiger partial charge in [0.2, 0.25) is 5.95 Å². The number of nitriles is 1. The lowest BCUT2D eigenvalue weighted by Crippen LogP contribution is -2.33. The fourth-order valence-corrected chi connectivity index (χ4v) is 2.83. The predicted molar refractivity (Wildman–Crippen MR) is 101 cm³/mol. The monoisotopic (exact) mass is 420 g/mol. The van der Waals surface area contributed by atoms with E-state index >= 15 is 0 Å². The van der Waals surface area contributed by atoms with Gasteiger partial charge in [-0.2, -0.15) is 28.5 Å². The van der Waals surface area contributed by atoms with Crippen LogP contribution < -0.4 is 11.1 Å². The van der Waals surface area contributed by atoms with Gasteiger partial charge in [0.25, 0.3) is 5.91 Å². The normalized spacial score (nSPS) is 13.7. The topological polar surface area (TPSA) is 127 Å². The molecule has 2 unspecified atom stereocenters. The standard InChI is InChI=1S/C18H19F3N8O/c1-3-10(2)25-16(30)13-6-11(7-15-26-17(23)27-29(13)15)12-8-24-28(9-12)14(4-5-22)18(19,20)21/h6-10,14H,3-4H2,1-2H3,(H2,23,27)(H,25,30). The highest BCUT2D eigenvalue weighted by molar-refractivity contribution is 5.95. The number of halogens is 3. The van der Waals surface area contributed by atoms with Crippen LogP contribution in [0.15, 0.2) is 24.5 Å². The molecule has 0 aliphatic carbocycles. The molecule has 2 atom stereocenters. The third-order valence-electron chi connectivity index (χ3n) is 4.59. The zero-order chi connectivity index (χ0) is 22.1. The smallest absolute Gasteiger partial charge is 0.366 e. The van der Waals surface area contributed by atoms with Crippen molar-refractivity contribution in [2.45, 2.75) is 44.9 Å². The summed E-state index contributed by atoms with van der Waals surface area (Å²) in [4.78, 5) is 16.8. The van der Waals surface area contributed by atoms with Crippen LogP contribution in [0.4, 0.5) is 19.1 Å². The molecule has 0 aliphatic heterocycles. The molecule has 3 aromatic rings. The zero-order valence-corrected chi connectivity index (χ0v) is 16.2. The van der Waals surface area contributed by atoms with Gasteiger partial charge in [0.05, 0.1) is 18.7 Å². The summed E-state index contributed by atoms with van der Waals surface area (Å²) in [5, 5.41) is 19.3.